The highest BCUT2D eigenvalue weighted by atomic mass is 16.2. The summed E-state index contributed by atoms with van der Waals surface area (Å²) in [5.74, 6) is 2.59. The van der Waals surface area contributed by atoms with Gasteiger partial charge >= 0.3 is 0 Å². The van der Waals surface area contributed by atoms with Crippen LogP contribution in [0.4, 0.5) is 0 Å². The highest BCUT2D eigenvalue weighted by Gasteiger charge is 2.33. The normalized spacial score (nSPS) is 25.9. The molecule has 1 unspecified atom stereocenters. The summed E-state index contributed by atoms with van der Waals surface area (Å²) in [6.07, 6.45) is 12.5. The van der Waals surface area contributed by atoms with E-state index in [1.807, 2.05) is 0 Å². The Morgan fingerprint density at radius 3 is 2.36 bits per heavy atom. The maximum atomic E-state index is 13.0. The fraction of sp³-hybridized carbons (Fsp3) is 0.947. The molecule has 0 aromatic heterocycles. The molecule has 3 fully saturated rings. The molecule has 2 aliphatic carbocycles. The number of carbonyl (C=O) groups excluding carboxylic acids is 1. The standard InChI is InChI=1S/C19H34N2O/c1-15(17-9-11-20-12-10-17)13-19(22)21(14-16-7-8-16)18-5-3-2-4-6-18/h15-18,20H,2-14H2,1H3. The van der Waals surface area contributed by atoms with E-state index < -0.39 is 0 Å². The van der Waals surface area contributed by atoms with Crippen LogP contribution >= 0.6 is 0 Å². The van der Waals surface area contributed by atoms with Gasteiger partial charge in [-0.2, -0.15) is 0 Å². The fourth-order valence-corrected chi connectivity index (χ4v) is 4.40. The Bertz CT molecular complexity index is 354. The van der Waals surface area contributed by atoms with Gasteiger partial charge in [0.25, 0.3) is 0 Å². The molecular weight excluding hydrogens is 272 g/mol. The van der Waals surface area contributed by atoms with E-state index in [4.69, 9.17) is 0 Å². The van der Waals surface area contributed by atoms with E-state index in [1.165, 1.54) is 57.8 Å². The minimum absolute atomic E-state index is 0.463. The summed E-state index contributed by atoms with van der Waals surface area (Å²) >= 11 is 0. The molecule has 1 N–H and O–H groups in total. The van der Waals surface area contributed by atoms with Gasteiger partial charge in [0.05, 0.1) is 0 Å². The molecule has 0 bridgehead atoms. The maximum Gasteiger partial charge on any atom is 0.223 e. The van der Waals surface area contributed by atoms with Crippen molar-refractivity contribution in [3.8, 4) is 0 Å². The first kappa shape index (κ1) is 16.3. The maximum absolute atomic E-state index is 13.0. The summed E-state index contributed by atoms with van der Waals surface area (Å²) in [5, 5.41) is 3.44. The van der Waals surface area contributed by atoms with Crippen LogP contribution in [0.1, 0.15) is 71.1 Å². The molecule has 1 atom stereocenters. The van der Waals surface area contributed by atoms with Gasteiger partial charge in [0, 0.05) is 19.0 Å². The predicted octanol–water partition coefficient (Wildman–Crippen LogP) is 3.58. The first-order valence-corrected chi connectivity index (χ1v) is 9.74. The first-order chi connectivity index (χ1) is 10.7. The third-order valence-corrected chi connectivity index (χ3v) is 6.17. The van der Waals surface area contributed by atoms with Gasteiger partial charge in [-0.15, -0.1) is 0 Å². The van der Waals surface area contributed by atoms with Crippen LogP contribution in [0.25, 0.3) is 0 Å². The lowest BCUT2D eigenvalue weighted by Crippen LogP contribution is -2.44. The number of carbonyl (C=O) groups is 1. The molecular formula is C19H34N2O. The number of nitrogens with one attached hydrogen (secondary N) is 1. The molecule has 1 amide bonds. The molecule has 22 heavy (non-hydrogen) atoms. The number of hydrogen-bond acceptors (Lipinski definition) is 2. The average Bonchev–Trinajstić information content (AvgIpc) is 3.38. The lowest BCUT2D eigenvalue weighted by molar-refractivity contribution is -0.136. The van der Waals surface area contributed by atoms with Crippen LogP contribution in [0.3, 0.4) is 0 Å². The largest absolute Gasteiger partial charge is 0.339 e. The average molecular weight is 306 g/mol. The highest BCUT2D eigenvalue weighted by molar-refractivity contribution is 5.76. The van der Waals surface area contributed by atoms with E-state index in [2.05, 4.69) is 17.1 Å². The van der Waals surface area contributed by atoms with Crippen molar-refractivity contribution in [2.45, 2.75) is 77.2 Å². The molecule has 0 aromatic carbocycles. The molecule has 3 nitrogen and oxygen atoms in total. The van der Waals surface area contributed by atoms with Crippen molar-refractivity contribution in [3.05, 3.63) is 0 Å². The summed E-state index contributed by atoms with van der Waals surface area (Å²) in [6, 6.07) is 0.557. The van der Waals surface area contributed by atoms with Gasteiger partial charge < -0.3 is 10.2 Å². The van der Waals surface area contributed by atoms with Gasteiger partial charge in [-0.25, -0.2) is 0 Å². The zero-order valence-electron chi connectivity index (χ0n) is 14.4. The summed E-state index contributed by atoms with van der Waals surface area (Å²) < 4.78 is 0. The Kier molecular flexibility index (Phi) is 5.78. The second-order valence-electron chi connectivity index (χ2n) is 8.05. The predicted molar refractivity (Wildman–Crippen MR) is 90.7 cm³/mol. The molecule has 3 aliphatic rings. The third-order valence-electron chi connectivity index (χ3n) is 6.17. The smallest absolute Gasteiger partial charge is 0.223 e. The van der Waals surface area contributed by atoms with Crippen molar-refractivity contribution in [2.75, 3.05) is 19.6 Å². The van der Waals surface area contributed by atoms with Crippen LogP contribution in [0.15, 0.2) is 0 Å². The van der Waals surface area contributed by atoms with E-state index in [1.54, 1.807) is 0 Å². The molecule has 0 aromatic rings. The van der Waals surface area contributed by atoms with Crippen molar-refractivity contribution in [1.82, 2.24) is 10.2 Å². The minimum atomic E-state index is 0.463. The van der Waals surface area contributed by atoms with Gasteiger partial charge in [-0.3, -0.25) is 4.79 Å². The summed E-state index contributed by atoms with van der Waals surface area (Å²) in [5.41, 5.74) is 0. The van der Waals surface area contributed by atoms with E-state index in [-0.39, 0.29) is 0 Å². The zero-order valence-corrected chi connectivity index (χ0v) is 14.4. The van der Waals surface area contributed by atoms with Crippen LogP contribution in [0, 0.1) is 17.8 Å². The van der Waals surface area contributed by atoms with Crippen LogP contribution in [0.2, 0.25) is 0 Å². The molecule has 3 heteroatoms. The number of nitrogens with zero attached hydrogens (tertiary/aromatic N) is 1. The zero-order chi connectivity index (χ0) is 15.4. The molecule has 3 rings (SSSR count). The Labute approximate surface area is 136 Å². The second-order valence-corrected chi connectivity index (χ2v) is 8.05. The first-order valence-electron chi connectivity index (χ1n) is 9.74. The Hall–Kier alpha value is -0.570. The van der Waals surface area contributed by atoms with Crippen molar-refractivity contribution in [2.24, 2.45) is 17.8 Å². The molecule has 2 saturated carbocycles. The SMILES string of the molecule is CC(CC(=O)N(CC1CC1)C1CCCCC1)C1CCNCC1. The third kappa shape index (κ3) is 4.47. The molecule has 0 spiro atoms. The summed E-state index contributed by atoms with van der Waals surface area (Å²) in [6.45, 7) is 5.64. The highest BCUT2D eigenvalue weighted by Crippen LogP contribution is 2.34. The number of piperidine rings is 1. The topological polar surface area (TPSA) is 32.3 Å². The van der Waals surface area contributed by atoms with E-state index in [0.29, 0.717) is 17.9 Å². The summed E-state index contributed by atoms with van der Waals surface area (Å²) in [4.78, 5) is 15.3. The van der Waals surface area contributed by atoms with Crippen LogP contribution in [0.5, 0.6) is 0 Å². The number of amides is 1. The van der Waals surface area contributed by atoms with Gasteiger partial charge in [0.15, 0.2) is 0 Å². The molecule has 126 valence electrons. The summed E-state index contributed by atoms with van der Waals surface area (Å²) in [7, 11) is 0. The van der Waals surface area contributed by atoms with Crippen LogP contribution < -0.4 is 5.32 Å². The second kappa shape index (κ2) is 7.81. The lowest BCUT2D eigenvalue weighted by Gasteiger charge is -2.36. The van der Waals surface area contributed by atoms with Gasteiger partial charge in [-0.05, 0) is 69.4 Å². The van der Waals surface area contributed by atoms with Crippen molar-refractivity contribution >= 4 is 5.91 Å². The Morgan fingerprint density at radius 2 is 1.73 bits per heavy atom. The van der Waals surface area contributed by atoms with Crippen molar-refractivity contribution < 1.29 is 4.79 Å². The Balaban J connectivity index is 1.55. The van der Waals surface area contributed by atoms with Gasteiger partial charge in [0.1, 0.15) is 0 Å². The van der Waals surface area contributed by atoms with E-state index >= 15 is 0 Å². The lowest BCUT2D eigenvalue weighted by atomic mass is 9.83. The molecule has 0 radical (unpaired) electrons. The monoisotopic (exact) mass is 306 g/mol. The van der Waals surface area contributed by atoms with E-state index in [9.17, 15) is 4.79 Å². The van der Waals surface area contributed by atoms with Crippen molar-refractivity contribution in [3.63, 3.8) is 0 Å². The molecule has 1 saturated heterocycles. The number of hydrogen-bond donors (Lipinski definition) is 1. The Morgan fingerprint density at radius 1 is 1.05 bits per heavy atom. The number of rotatable bonds is 6. The molecule has 1 aliphatic heterocycles. The quantitative estimate of drug-likeness (QED) is 0.813. The van der Waals surface area contributed by atoms with Gasteiger partial charge in [-0.1, -0.05) is 26.2 Å². The van der Waals surface area contributed by atoms with Crippen molar-refractivity contribution in [1.29, 1.82) is 0 Å². The fourth-order valence-electron chi connectivity index (χ4n) is 4.40. The van der Waals surface area contributed by atoms with Crippen LogP contribution in [-0.2, 0) is 4.79 Å². The van der Waals surface area contributed by atoms with Gasteiger partial charge in [0.2, 0.25) is 5.91 Å². The van der Waals surface area contributed by atoms with Crippen LogP contribution in [-0.4, -0.2) is 36.5 Å². The van der Waals surface area contributed by atoms with E-state index in [0.717, 1.165) is 37.9 Å². The minimum Gasteiger partial charge on any atom is -0.339 e. The molecule has 1 heterocycles.